The molecule has 0 aliphatic carbocycles. The molecule has 0 spiro atoms. The molecule has 1 aromatic rings. The number of rotatable bonds is 15. The zero-order chi connectivity index (χ0) is 22.4. The molecule has 4 heteroatoms. The van der Waals surface area contributed by atoms with E-state index in [0.717, 1.165) is 55.7 Å². The summed E-state index contributed by atoms with van der Waals surface area (Å²) in [5.74, 6) is 0.170. The molecule has 0 bridgehead atoms. The van der Waals surface area contributed by atoms with Crippen molar-refractivity contribution in [2.75, 3.05) is 32.7 Å². The van der Waals surface area contributed by atoms with E-state index < -0.39 is 0 Å². The van der Waals surface area contributed by atoms with Crippen molar-refractivity contribution in [1.82, 2.24) is 4.90 Å². The molecule has 31 heavy (non-hydrogen) atoms. The van der Waals surface area contributed by atoms with Gasteiger partial charge in [0.15, 0.2) is 0 Å². The minimum atomic E-state index is -0.160. The number of carbonyl (C=O) groups is 1. The third-order valence-corrected chi connectivity index (χ3v) is 7.11. The van der Waals surface area contributed by atoms with E-state index in [1.54, 1.807) is 12.1 Å². The standard InChI is InChI=1S/C27H46FN2O/c1-3-5-6-7-8-9-10-11-12-13-14-18-27(31)29-19-21-30(4-2,22-20-29)24-25-16-15-17-26(28)23-25/h15-17,23H,3-14,18-22,24H2,1-2H3/q+1. The Balaban J connectivity index is 1.57. The van der Waals surface area contributed by atoms with Crippen LogP contribution < -0.4 is 0 Å². The van der Waals surface area contributed by atoms with Crippen LogP contribution in [0.4, 0.5) is 4.39 Å². The molecule has 0 saturated carbocycles. The molecular weight excluding hydrogens is 387 g/mol. The van der Waals surface area contributed by atoms with Crippen molar-refractivity contribution < 1.29 is 13.7 Å². The van der Waals surface area contributed by atoms with Crippen LogP contribution in [0.2, 0.25) is 0 Å². The van der Waals surface area contributed by atoms with Gasteiger partial charge in [-0.3, -0.25) is 4.79 Å². The smallest absolute Gasteiger partial charge is 0.222 e. The van der Waals surface area contributed by atoms with Gasteiger partial charge in [0.1, 0.15) is 12.4 Å². The first kappa shape index (κ1) is 25.8. The molecule has 2 rings (SSSR count). The average molecular weight is 434 g/mol. The van der Waals surface area contributed by atoms with E-state index in [2.05, 4.69) is 18.7 Å². The highest BCUT2D eigenvalue weighted by molar-refractivity contribution is 5.76. The lowest BCUT2D eigenvalue weighted by Gasteiger charge is -2.44. The molecule has 1 aliphatic rings. The first-order chi connectivity index (χ1) is 15.1. The number of amides is 1. The summed E-state index contributed by atoms with van der Waals surface area (Å²) in [5, 5.41) is 0. The molecule has 0 N–H and O–H groups in total. The van der Waals surface area contributed by atoms with Crippen LogP contribution in [-0.2, 0) is 11.3 Å². The average Bonchev–Trinajstić information content (AvgIpc) is 2.78. The number of halogens is 1. The molecule has 176 valence electrons. The normalized spacial score (nSPS) is 15.9. The third kappa shape index (κ3) is 9.72. The SMILES string of the molecule is CCCCCCCCCCCCCC(=O)N1CC[N+](CC)(Cc2cccc(F)c2)CC1. The first-order valence-electron chi connectivity index (χ1n) is 13.0. The van der Waals surface area contributed by atoms with E-state index in [1.165, 1.54) is 70.3 Å². The molecule has 1 amide bonds. The lowest BCUT2D eigenvalue weighted by atomic mass is 10.0. The second kappa shape index (κ2) is 14.6. The molecule has 1 heterocycles. The molecule has 0 radical (unpaired) electrons. The quantitative estimate of drug-likeness (QED) is 0.222. The summed E-state index contributed by atoms with van der Waals surface area (Å²) in [7, 11) is 0. The Bertz CT molecular complexity index is 625. The van der Waals surface area contributed by atoms with Gasteiger partial charge in [0, 0.05) is 12.0 Å². The number of nitrogens with zero attached hydrogens (tertiary/aromatic N) is 2. The van der Waals surface area contributed by atoms with E-state index >= 15 is 0 Å². The van der Waals surface area contributed by atoms with Gasteiger partial charge < -0.3 is 9.38 Å². The Kier molecular flexibility index (Phi) is 12.2. The predicted octanol–water partition coefficient (Wildman–Crippen LogP) is 6.71. The Morgan fingerprint density at radius 1 is 0.903 bits per heavy atom. The molecule has 1 aliphatic heterocycles. The largest absolute Gasteiger partial charge is 0.331 e. The molecule has 1 aromatic carbocycles. The Morgan fingerprint density at radius 3 is 2.03 bits per heavy atom. The summed E-state index contributed by atoms with van der Waals surface area (Å²) in [4.78, 5) is 14.7. The van der Waals surface area contributed by atoms with Crippen molar-refractivity contribution in [3.63, 3.8) is 0 Å². The number of likely N-dealkylation sites (N-methyl/N-ethyl adjacent to an activating group) is 1. The van der Waals surface area contributed by atoms with Crippen LogP contribution in [0.1, 0.15) is 96.5 Å². The second-order valence-corrected chi connectivity index (χ2v) is 9.56. The van der Waals surface area contributed by atoms with E-state index in [9.17, 15) is 9.18 Å². The number of unbranched alkanes of at least 4 members (excludes halogenated alkanes) is 10. The lowest BCUT2D eigenvalue weighted by molar-refractivity contribution is -0.942. The Labute approximate surface area is 190 Å². The minimum Gasteiger partial charge on any atom is -0.331 e. The van der Waals surface area contributed by atoms with Crippen molar-refractivity contribution in [2.24, 2.45) is 0 Å². The number of benzene rings is 1. The summed E-state index contributed by atoms with van der Waals surface area (Å²) in [6.45, 7) is 9.96. The van der Waals surface area contributed by atoms with Gasteiger partial charge in [-0.2, -0.15) is 0 Å². The fraction of sp³-hybridized carbons (Fsp3) is 0.741. The van der Waals surface area contributed by atoms with Crippen molar-refractivity contribution in [2.45, 2.75) is 97.4 Å². The fourth-order valence-electron chi connectivity index (χ4n) is 4.85. The summed E-state index contributed by atoms with van der Waals surface area (Å²) in [6, 6.07) is 6.97. The first-order valence-corrected chi connectivity index (χ1v) is 13.0. The highest BCUT2D eigenvalue weighted by atomic mass is 19.1. The van der Waals surface area contributed by atoms with E-state index in [4.69, 9.17) is 0 Å². The number of hydrogen-bond donors (Lipinski definition) is 0. The Morgan fingerprint density at radius 2 is 1.48 bits per heavy atom. The van der Waals surface area contributed by atoms with Crippen LogP contribution in [-0.4, -0.2) is 48.0 Å². The third-order valence-electron chi connectivity index (χ3n) is 7.11. The zero-order valence-corrected chi connectivity index (χ0v) is 20.2. The van der Waals surface area contributed by atoms with Crippen molar-refractivity contribution in [3.8, 4) is 0 Å². The summed E-state index contributed by atoms with van der Waals surface area (Å²) >= 11 is 0. The summed E-state index contributed by atoms with van der Waals surface area (Å²) in [6.07, 6.45) is 15.1. The van der Waals surface area contributed by atoms with Gasteiger partial charge in [-0.15, -0.1) is 0 Å². The van der Waals surface area contributed by atoms with Crippen LogP contribution in [0, 0.1) is 5.82 Å². The summed E-state index contributed by atoms with van der Waals surface area (Å²) < 4.78 is 14.5. The molecule has 0 aromatic heterocycles. The minimum absolute atomic E-state index is 0.160. The van der Waals surface area contributed by atoms with Crippen LogP contribution in [0.3, 0.4) is 0 Å². The van der Waals surface area contributed by atoms with Crippen molar-refractivity contribution >= 4 is 5.91 Å². The maximum Gasteiger partial charge on any atom is 0.222 e. The topological polar surface area (TPSA) is 20.3 Å². The predicted molar refractivity (Wildman–Crippen MR) is 128 cm³/mol. The lowest BCUT2D eigenvalue weighted by Crippen LogP contribution is -2.59. The van der Waals surface area contributed by atoms with Crippen LogP contribution >= 0.6 is 0 Å². The van der Waals surface area contributed by atoms with E-state index in [0.29, 0.717) is 12.3 Å². The molecule has 1 fully saturated rings. The maximum atomic E-state index is 13.5. The molecular formula is C27H46FN2O+. The maximum absolute atomic E-state index is 13.5. The number of piperazine rings is 1. The highest BCUT2D eigenvalue weighted by Gasteiger charge is 2.33. The van der Waals surface area contributed by atoms with Crippen LogP contribution in [0.5, 0.6) is 0 Å². The van der Waals surface area contributed by atoms with Gasteiger partial charge in [-0.05, 0) is 25.5 Å². The molecule has 0 atom stereocenters. The van der Waals surface area contributed by atoms with E-state index in [1.807, 2.05) is 6.07 Å². The Hall–Kier alpha value is -1.42. The zero-order valence-electron chi connectivity index (χ0n) is 20.2. The van der Waals surface area contributed by atoms with Gasteiger partial charge >= 0.3 is 0 Å². The number of carbonyl (C=O) groups excluding carboxylic acids is 1. The molecule has 0 unspecified atom stereocenters. The monoisotopic (exact) mass is 433 g/mol. The van der Waals surface area contributed by atoms with Crippen LogP contribution in [0.25, 0.3) is 0 Å². The summed E-state index contributed by atoms with van der Waals surface area (Å²) in [5.41, 5.74) is 1.06. The van der Waals surface area contributed by atoms with Crippen molar-refractivity contribution in [1.29, 1.82) is 0 Å². The van der Waals surface area contributed by atoms with E-state index in [-0.39, 0.29) is 5.82 Å². The van der Waals surface area contributed by atoms with Gasteiger partial charge in [-0.1, -0.05) is 83.3 Å². The van der Waals surface area contributed by atoms with Gasteiger partial charge in [0.05, 0.1) is 32.7 Å². The second-order valence-electron chi connectivity index (χ2n) is 9.56. The number of quaternary nitrogens is 1. The van der Waals surface area contributed by atoms with Crippen molar-refractivity contribution in [3.05, 3.63) is 35.6 Å². The number of hydrogen-bond acceptors (Lipinski definition) is 1. The molecule has 3 nitrogen and oxygen atoms in total. The molecule has 1 saturated heterocycles. The van der Waals surface area contributed by atoms with Gasteiger partial charge in [-0.25, -0.2) is 4.39 Å². The fourth-order valence-corrected chi connectivity index (χ4v) is 4.85. The van der Waals surface area contributed by atoms with Gasteiger partial charge in [0.25, 0.3) is 0 Å². The highest BCUT2D eigenvalue weighted by Crippen LogP contribution is 2.20. The van der Waals surface area contributed by atoms with Gasteiger partial charge in [0.2, 0.25) is 5.91 Å². The van der Waals surface area contributed by atoms with Crippen LogP contribution in [0.15, 0.2) is 24.3 Å².